The molecule has 0 unspecified atom stereocenters. The van der Waals surface area contributed by atoms with Crippen molar-refractivity contribution in [2.75, 3.05) is 17.6 Å². The van der Waals surface area contributed by atoms with Crippen LogP contribution in [0.4, 0.5) is 5.88 Å². The smallest absolute Gasteiger partial charge is 0.238 e. The predicted octanol–water partition coefficient (Wildman–Crippen LogP) is 3.99. The van der Waals surface area contributed by atoms with E-state index in [-0.39, 0.29) is 11.6 Å². The van der Waals surface area contributed by atoms with Crippen LogP contribution >= 0.6 is 11.6 Å². The number of hydrogen-bond acceptors (Lipinski definition) is 5. The maximum Gasteiger partial charge on any atom is 0.238 e. The van der Waals surface area contributed by atoms with Crippen molar-refractivity contribution in [3.63, 3.8) is 0 Å². The first-order chi connectivity index (χ1) is 12.4. The van der Waals surface area contributed by atoms with Gasteiger partial charge in [-0.1, -0.05) is 41.0 Å². The Labute approximate surface area is 156 Å². The third-order valence-electron chi connectivity index (χ3n) is 3.70. The number of ether oxygens (including phenoxy) is 1. The second-order valence-corrected chi connectivity index (χ2v) is 7.88. The summed E-state index contributed by atoms with van der Waals surface area (Å²) in [5.41, 5.74) is 2.17. The maximum atomic E-state index is 12.3. The van der Waals surface area contributed by atoms with Gasteiger partial charge in [0.25, 0.3) is 0 Å². The number of anilines is 1. The Bertz CT molecular complexity index is 984. The number of rotatable bonds is 7. The number of sulfonamides is 1. The molecule has 2 aromatic carbocycles. The normalized spacial score (nSPS) is 11.3. The van der Waals surface area contributed by atoms with E-state index in [1.165, 1.54) is 6.07 Å². The summed E-state index contributed by atoms with van der Waals surface area (Å²) in [7, 11) is -2.00. The molecule has 0 aliphatic heterocycles. The lowest BCUT2D eigenvalue weighted by Gasteiger charge is -2.06. The van der Waals surface area contributed by atoms with E-state index in [1.54, 1.807) is 31.4 Å². The molecule has 0 radical (unpaired) electrons. The Morgan fingerprint density at radius 3 is 2.65 bits per heavy atom. The van der Waals surface area contributed by atoms with Gasteiger partial charge < -0.3 is 9.26 Å². The predicted molar refractivity (Wildman–Crippen MR) is 101 cm³/mol. The topological polar surface area (TPSA) is 81.4 Å². The van der Waals surface area contributed by atoms with E-state index in [4.69, 9.17) is 20.9 Å². The lowest BCUT2D eigenvalue weighted by Crippen LogP contribution is -2.17. The molecular weight excluding hydrogens is 376 g/mol. The first kappa shape index (κ1) is 18.3. The molecule has 136 valence electrons. The molecule has 3 aromatic rings. The van der Waals surface area contributed by atoms with Crippen molar-refractivity contribution in [3.05, 3.63) is 65.2 Å². The number of benzene rings is 2. The van der Waals surface area contributed by atoms with Gasteiger partial charge in [-0.05, 0) is 36.2 Å². The average Bonchev–Trinajstić information content (AvgIpc) is 3.08. The van der Waals surface area contributed by atoms with Crippen LogP contribution < -0.4 is 9.46 Å². The first-order valence-electron chi connectivity index (χ1n) is 7.81. The van der Waals surface area contributed by atoms with Crippen LogP contribution in [-0.2, 0) is 16.4 Å². The number of aryl methyl sites for hydroxylation is 1. The van der Waals surface area contributed by atoms with Crippen molar-refractivity contribution in [1.82, 2.24) is 5.16 Å². The highest BCUT2D eigenvalue weighted by atomic mass is 35.5. The number of nitrogens with one attached hydrogen (secondary N) is 1. The van der Waals surface area contributed by atoms with Crippen molar-refractivity contribution >= 4 is 27.5 Å². The third kappa shape index (κ3) is 4.77. The van der Waals surface area contributed by atoms with Crippen LogP contribution in [0.3, 0.4) is 0 Å². The molecule has 0 amide bonds. The molecule has 1 aromatic heterocycles. The monoisotopic (exact) mass is 392 g/mol. The molecule has 6 nitrogen and oxygen atoms in total. The zero-order valence-electron chi connectivity index (χ0n) is 14.0. The second-order valence-electron chi connectivity index (χ2n) is 5.61. The van der Waals surface area contributed by atoms with Gasteiger partial charge in [-0.2, -0.15) is 0 Å². The van der Waals surface area contributed by atoms with Crippen molar-refractivity contribution in [1.29, 1.82) is 0 Å². The summed E-state index contributed by atoms with van der Waals surface area (Å²) in [5.74, 6) is 0.674. The molecule has 8 heteroatoms. The Balaban J connectivity index is 1.65. The average molecular weight is 393 g/mol. The maximum absolute atomic E-state index is 12.3. The summed E-state index contributed by atoms with van der Waals surface area (Å²) in [6.45, 7) is 0. The highest BCUT2D eigenvalue weighted by Gasteiger charge is 2.15. The molecule has 0 atom stereocenters. The van der Waals surface area contributed by atoms with E-state index in [2.05, 4.69) is 9.88 Å². The summed E-state index contributed by atoms with van der Waals surface area (Å²) in [6, 6.07) is 15.8. The number of nitrogens with zero attached hydrogens (tertiary/aromatic N) is 1. The van der Waals surface area contributed by atoms with E-state index < -0.39 is 10.0 Å². The zero-order valence-corrected chi connectivity index (χ0v) is 15.5. The van der Waals surface area contributed by atoms with Crippen molar-refractivity contribution in [2.45, 2.75) is 6.42 Å². The Hall–Kier alpha value is -2.51. The molecule has 0 saturated carbocycles. The fourth-order valence-corrected chi connectivity index (χ4v) is 3.50. The van der Waals surface area contributed by atoms with Crippen molar-refractivity contribution < 1.29 is 17.7 Å². The van der Waals surface area contributed by atoms with Gasteiger partial charge in [-0.3, -0.25) is 4.72 Å². The van der Waals surface area contributed by atoms with E-state index in [0.717, 1.165) is 11.1 Å². The minimum absolute atomic E-state index is 0.0700. The van der Waals surface area contributed by atoms with Crippen molar-refractivity contribution in [2.24, 2.45) is 0 Å². The number of halogens is 1. The fraction of sp³-hybridized carbons (Fsp3) is 0.167. The van der Waals surface area contributed by atoms with Gasteiger partial charge in [-0.25, -0.2) is 8.42 Å². The van der Waals surface area contributed by atoms with Crippen LogP contribution in [0.5, 0.6) is 5.75 Å². The van der Waals surface area contributed by atoms with Gasteiger partial charge in [-0.15, -0.1) is 0 Å². The van der Waals surface area contributed by atoms with Gasteiger partial charge in [0.1, 0.15) is 11.4 Å². The molecule has 0 bridgehead atoms. The van der Waals surface area contributed by atoms with Crippen molar-refractivity contribution in [3.8, 4) is 17.0 Å². The van der Waals surface area contributed by atoms with Gasteiger partial charge in [0.05, 0.1) is 12.9 Å². The lowest BCUT2D eigenvalue weighted by molar-refractivity contribution is 0.414. The van der Waals surface area contributed by atoms with Crippen LogP contribution in [-0.4, -0.2) is 26.4 Å². The summed E-state index contributed by atoms with van der Waals surface area (Å²) in [5, 5.41) is 4.49. The van der Waals surface area contributed by atoms with E-state index >= 15 is 0 Å². The zero-order chi connectivity index (χ0) is 18.6. The quantitative estimate of drug-likeness (QED) is 0.657. The fourth-order valence-electron chi connectivity index (χ4n) is 2.36. The highest BCUT2D eigenvalue weighted by Crippen LogP contribution is 2.24. The molecule has 1 N–H and O–H groups in total. The lowest BCUT2D eigenvalue weighted by atomic mass is 10.1. The number of hydrogen-bond donors (Lipinski definition) is 1. The van der Waals surface area contributed by atoms with Crippen LogP contribution in [0.15, 0.2) is 59.1 Å². The second kappa shape index (κ2) is 7.80. The largest absolute Gasteiger partial charge is 0.497 e. The Kier molecular flexibility index (Phi) is 5.49. The molecular formula is C18H17ClN2O4S. The van der Waals surface area contributed by atoms with Gasteiger partial charge in [0, 0.05) is 16.7 Å². The Morgan fingerprint density at radius 2 is 1.92 bits per heavy atom. The first-order valence-corrected chi connectivity index (χ1v) is 9.84. The molecule has 0 aliphatic rings. The molecule has 1 heterocycles. The standard InChI is InChI=1S/C18H17ClN2O4S/c1-24-16-4-2-3-13(11-16)9-10-26(22,23)21-18-12-17(20-25-18)14-5-7-15(19)8-6-14/h2-8,11-12,21H,9-10H2,1H3. The molecule has 0 fully saturated rings. The summed E-state index contributed by atoms with van der Waals surface area (Å²) in [4.78, 5) is 0. The number of aromatic nitrogens is 1. The molecule has 0 aliphatic carbocycles. The summed E-state index contributed by atoms with van der Waals surface area (Å²) < 4.78 is 37.2. The van der Waals surface area contributed by atoms with Crippen LogP contribution in [0, 0.1) is 0 Å². The molecule has 26 heavy (non-hydrogen) atoms. The van der Waals surface area contributed by atoms with Gasteiger partial charge in [0.15, 0.2) is 0 Å². The SMILES string of the molecule is COc1cccc(CCS(=O)(=O)Nc2cc(-c3ccc(Cl)cc3)no2)c1. The van der Waals surface area contributed by atoms with Crippen LogP contribution in [0.2, 0.25) is 5.02 Å². The summed E-state index contributed by atoms with van der Waals surface area (Å²) in [6.07, 6.45) is 0.352. The third-order valence-corrected chi connectivity index (χ3v) is 5.21. The van der Waals surface area contributed by atoms with Crippen LogP contribution in [0.1, 0.15) is 5.56 Å². The molecule has 0 spiro atoms. The van der Waals surface area contributed by atoms with E-state index in [1.807, 2.05) is 24.3 Å². The van der Waals surface area contributed by atoms with E-state index in [0.29, 0.717) is 22.9 Å². The van der Waals surface area contributed by atoms with Gasteiger partial charge in [0.2, 0.25) is 15.9 Å². The van der Waals surface area contributed by atoms with E-state index in [9.17, 15) is 8.42 Å². The minimum Gasteiger partial charge on any atom is -0.497 e. The minimum atomic E-state index is -3.57. The summed E-state index contributed by atoms with van der Waals surface area (Å²) >= 11 is 5.85. The van der Waals surface area contributed by atoms with Crippen LogP contribution in [0.25, 0.3) is 11.3 Å². The molecule has 3 rings (SSSR count). The Morgan fingerprint density at radius 1 is 1.15 bits per heavy atom. The number of methoxy groups -OCH3 is 1. The molecule has 0 saturated heterocycles. The highest BCUT2D eigenvalue weighted by molar-refractivity contribution is 7.92. The van der Waals surface area contributed by atoms with Gasteiger partial charge >= 0.3 is 0 Å².